The molecule has 2 aromatic rings. The number of likely N-dealkylation sites (tertiary alicyclic amines) is 1. The van der Waals surface area contributed by atoms with E-state index in [0.717, 1.165) is 24.4 Å². The van der Waals surface area contributed by atoms with E-state index in [1.807, 2.05) is 13.8 Å². The van der Waals surface area contributed by atoms with Crippen LogP contribution in [-0.2, 0) is 0 Å². The minimum atomic E-state index is -0.155. The van der Waals surface area contributed by atoms with Gasteiger partial charge in [-0.1, -0.05) is 0 Å². The van der Waals surface area contributed by atoms with E-state index in [-0.39, 0.29) is 18.2 Å². The lowest BCUT2D eigenvalue weighted by atomic mass is 10.1. The summed E-state index contributed by atoms with van der Waals surface area (Å²) in [5.41, 5.74) is 0.979. The molecule has 2 amide bonds. The lowest BCUT2D eigenvalue weighted by molar-refractivity contribution is 0.102. The van der Waals surface area contributed by atoms with E-state index >= 15 is 0 Å². The largest absolute Gasteiger partial charge is 0.460 e. The van der Waals surface area contributed by atoms with Gasteiger partial charge in [0, 0.05) is 50.2 Å². The highest BCUT2D eigenvalue weighted by Gasteiger charge is 2.25. The van der Waals surface area contributed by atoms with Gasteiger partial charge in [0.1, 0.15) is 11.9 Å². The second kappa shape index (κ2) is 7.29. The van der Waals surface area contributed by atoms with Crippen molar-refractivity contribution < 1.29 is 9.53 Å². The molecule has 8 nitrogen and oxygen atoms in total. The van der Waals surface area contributed by atoms with Crippen molar-refractivity contribution in [3.05, 3.63) is 36.2 Å². The summed E-state index contributed by atoms with van der Waals surface area (Å²) in [4.78, 5) is 29.7. The second-order valence-electron chi connectivity index (χ2n) is 5.96. The van der Waals surface area contributed by atoms with Crippen LogP contribution in [0.5, 0.6) is 6.01 Å². The number of aromatic nitrogens is 4. The monoisotopic (exact) mass is 330 g/mol. The number of urea groups is 1. The highest BCUT2D eigenvalue weighted by Crippen LogP contribution is 2.16. The van der Waals surface area contributed by atoms with Gasteiger partial charge in [0.15, 0.2) is 0 Å². The van der Waals surface area contributed by atoms with Crippen molar-refractivity contribution in [3.8, 4) is 6.01 Å². The van der Waals surface area contributed by atoms with E-state index in [4.69, 9.17) is 4.74 Å². The topological polar surface area (TPSA) is 96.0 Å². The maximum Gasteiger partial charge on any atom is 0.317 e. The van der Waals surface area contributed by atoms with E-state index in [0.29, 0.717) is 19.1 Å². The van der Waals surface area contributed by atoms with Gasteiger partial charge in [0.25, 0.3) is 0 Å². The van der Waals surface area contributed by atoms with Crippen LogP contribution in [0.3, 0.4) is 0 Å². The van der Waals surface area contributed by atoms with Crippen molar-refractivity contribution in [3.63, 3.8) is 0 Å². The second-order valence-corrected chi connectivity index (χ2v) is 5.96. The smallest absolute Gasteiger partial charge is 0.317 e. The summed E-state index contributed by atoms with van der Waals surface area (Å²) in [5.74, 6) is 0.764. The maximum atomic E-state index is 12.4. The Labute approximate surface area is 140 Å². The number of carbonyl (C=O) groups excluding carboxylic acids is 1. The van der Waals surface area contributed by atoms with Crippen LogP contribution in [-0.4, -0.2) is 50.1 Å². The highest BCUT2D eigenvalue weighted by atomic mass is 16.5. The van der Waals surface area contributed by atoms with Gasteiger partial charge >= 0.3 is 12.0 Å². The third-order valence-electron chi connectivity index (χ3n) is 4.02. The number of amides is 2. The van der Waals surface area contributed by atoms with Gasteiger partial charge in [0.2, 0.25) is 0 Å². The fourth-order valence-electron chi connectivity index (χ4n) is 2.67. The van der Waals surface area contributed by atoms with Crippen LogP contribution in [0.1, 0.15) is 37.3 Å². The Bertz CT molecular complexity index is 666. The number of nitrogens with one attached hydrogen (secondary N) is 2. The first-order valence-corrected chi connectivity index (χ1v) is 8.12. The van der Waals surface area contributed by atoms with Crippen molar-refractivity contribution in [2.45, 2.75) is 38.8 Å². The van der Waals surface area contributed by atoms with Gasteiger partial charge < -0.3 is 19.9 Å². The van der Waals surface area contributed by atoms with Crippen molar-refractivity contribution >= 4 is 6.03 Å². The molecule has 3 rings (SSSR count). The van der Waals surface area contributed by atoms with Gasteiger partial charge in [-0.2, -0.15) is 0 Å². The molecular formula is C16H22N6O2. The normalized spacial score (nSPS) is 16.7. The molecule has 0 unspecified atom stereocenters. The van der Waals surface area contributed by atoms with E-state index in [2.05, 4.69) is 25.3 Å². The highest BCUT2D eigenvalue weighted by molar-refractivity contribution is 5.74. The number of rotatable bonds is 4. The minimum Gasteiger partial charge on any atom is -0.460 e. The summed E-state index contributed by atoms with van der Waals surface area (Å²) in [6.07, 6.45) is 6.64. The van der Waals surface area contributed by atoms with E-state index in [1.54, 1.807) is 29.6 Å². The van der Waals surface area contributed by atoms with Gasteiger partial charge in [-0.25, -0.2) is 19.7 Å². The molecule has 0 spiro atoms. The summed E-state index contributed by atoms with van der Waals surface area (Å²) in [7, 11) is 0. The van der Waals surface area contributed by atoms with Crippen molar-refractivity contribution in [1.29, 1.82) is 0 Å². The molecular weight excluding hydrogens is 308 g/mol. The van der Waals surface area contributed by atoms with Crippen LogP contribution in [0.25, 0.3) is 0 Å². The predicted octanol–water partition coefficient (Wildman–Crippen LogP) is 1.82. The number of ether oxygens (including phenoxy) is 1. The molecule has 0 radical (unpaired) electrons. The summed E-state index contributed by atoms with van der Waals surface area (Å²) in [6.45, 7) is 5.14. The fraction of sp³-hybridized carbons (Fsp3) is 0.500. The third-order valence-corrected chi connectivity index (χ3v) is 4.02. The first kappa shape index (κ1) is 16.2. The van der Waals surface area contributed by atoms with Gasteiger partial charge in [0.05, 0.1) is 6.04 Å². The summed E-state index contributed by atoms with van der Waals surface area (Å²) in [6, 6.07) is 1.91. The number of imidazole rings is 1. The van der Waals surface area contributed by atoms with E-state index in [1.165, 1.54) is 0 Å². The maximum absolute atomic E-state index is 12.4. The summed E-state index contributed by atoms with van der Waals surface area (Å²) < 4.78 is 5.74. The Morgan fingerprint density at radius 3 is 2.67 bits per heavy atom. The van der Waals surface area contributed by atoms with Gasteiger partial charge in [-0.05, 0) is 19.9 Å². The molecule has 1 saturated heterocycles. The van der Waals surface area contributed by atoms with Crippen molar-refractivity contribution in [2.75, 3.05) is 13.1 Å². The number of aromatic amines is 1. The molecule has 24 heavy (non-hydrogen) atoms. The molecule has 1 aliphatic heterocycles. The fourth-order valence-corrected chi connectivity index (χ4v) is 2.67. The summed E-state index contributed by atoms with van der Waals surface area (Å²) in [5, 5.41) is 2.97. The van der Waals surface area contributed by atoms with Crippen LogP contribution in [0, 0.1) is 6.92 Å². The van der Waals surface area contributed by atoms with E-state index < -0.39 is 0 Å². The Morgan fingerprint density at radius 2 is 2.04 bits per heavy atom. The van der Waals surface area contributed by atoms with Crippen molar-refractivity contribution in [2.24, 2.45) is 0 Å². The summed E-state index contributed by atoms with van der Waals surface area (Å²) >= 11 is 0. The van der Waals surface area contributed by atoms with Crippen LogP contribution in [0.15, 0.2) is 24.7 Å². The van der Waals surface area contributed by atoms with E-state index in [9.17, 15) is 4.79 Å². The molecule has 3 heterocycles. The standard InChI is InChI=1S/C16H22N6O2/c1-11-10-19-14(20-11)12(2)21-16(23)22-8-4-13(5-9-22)24-15-17-6-3-7-18-15/h3,6-7,10,12-13H,4-5,8-9H2,1-2H3,(H,19,20)(H,21,23)/t12-/m0/s1. The number of piperidine rings is 1. The first-order valence-electron chi connectivity index (χ1n) is 8.12. The van der Waals surface area contributed by atoms with Crippen LogP contribution in [0.4, 0.5) is 4.79 Å². The average molecular weight is 330 g/mol. The predicted molar refractivity (Wildman–Crippen MR) is 87.5 cm³/mol. The molecule has 1 atom stereocenters. The van der Waals surface area contributed by atoms with Crippen molar-refractivity contribution in [1.82, 2.24) is 30.2 Å². The molecule has 1 aliphatic rings. The Kier molecular flexibility index (Phi) is 4.93. The molecule has 128 valence electrons. The number of hydrogen-bond acceptors (Lipinski definition) is 5. The average Bonchev–Trinajstić information content (AvgIpc) is 3.03. The zero-order chi connectivity index (χ0) is 16.9. The molecule has 0 bridgehead atoms. The lowest BCUT2D eigenvalue weighted by Gasteiger charge is -2.32. The zero-order valence-electron chi connectivity index (χ0n) is 13.9. The Morgan fingerprint density at radius 1 is 1.33 bits per heavy atom. The lowest BCUT2D eigenvalue weighted by Crippen LogP contribution is -2.47. The molecule has 0 aromatic carbocycles. The SMILES string of the molecule is Cc1cnc([C@H](C)NC(=O)N2CCC(Oc3ncccn3)CC2)[nH]1. The number of aryl methyl sites for hydroxylation is 1. The zero-order valence-corrected chi connectivity index (χ0v) is 13.9. The molecule has 2 aromatic heterocycles. The minimum absolute atomic E-state index is 0.0431. The molecule has 0 aliphatic carbocycles. The molecule has 2 N–H and O–H groups in total. The molecule has 1 fully saturated rings. The third kappa shape index (κ3) is 4.01. The Hall–Kier alpha value is -2.64. The number of H-pyrrole nitrogens is 1. The van der Waals surface area contributed by atoms with Gasteiger partial charge in [-0.3, -0.25) is 0 Å². The quantitative estimate of drug-likeness (QED) is 0.891. The van der Waals surface area contributed by atoms with Crippen LogP contribution in [0.2, 0.25) is 0 Å². The number of hydrogen-bond donors (Lipinski definition) is 2. The van der Waals surface area contributed by atoms with Gasteiger partial charge in [-0.15, -0.1) is 0 Å². The van der Waals surface area contributed by atoms with Crippen LogP contribution < -0.4 is 10.1 Å². The molecule has 0 saturated carbocycles. The number of nitrogens with zero attached hydrogens (tertiary/aromatic N) is 4. The number of carbonyl (C=O) groups is 1. The molecule has 8 heteroatoms. The first-order chi connectivity index (χ1) is 11.6. The van der Waals surface area contributed by atoms with Crippen LogP contribution >= 0.6 is 0 Å². The Balaban J connectivity index is 1.46.